The monoisotopic (exact) mass is 586 g/mol. The van der Waals surface area contributed by atoms with Crippen molar-refractivity contribution in [2.45, 2.75) is 128 Å². The number of benzene rings is 2. The molecule has 0 aliphatic carbocycles. The zero-order valence-corrected chi connectivity index (χ0v) is 28.8. The first-order valence-corrected chi connectivity index (χ1v) is 20.6. The van der Waals surface area contributed by atoms with Crippen LogP contribution in [0.5, 0.6) is 0 Å². The molecule has 1 aliphatic rings. The zero-order chi connectivity index (χ0) is 29.8. The molecule has 0 N–H and O–H groups in total. The van der Waals surface area contributed by atoms with Crippen LogP contribution in [0.25, 0.3) is 0 Å². The molecule has 0 amide bonds. The molecular weight excluding hydrogens is 533 g/mol. The van der Waals surface area contributed by atoms with Crippen LogP contribution in [-0.4, -0.2) is 53.8 Å². The van der Waals surface area contributed by atoms with E-state index < -0.39 is 16.6 Å². The van der Waals surface area contributed by atoms with Gasteiger partial charge in [-0.1, -0.05) is 102 Å². The second kappa shape index (κ2) is 13.3. The van der Waals surface area contributed by atoms with Gasteiger partial charge in [0, 0.05) is 0 Å². The Morgan fingerprint density at radius 2 is 1.10 bits per heavy atom. The minimum absolute atomic E-state index is 0.0549. The van der Waals surface area contributed by atoms with E-state index >= 15 is 0 Å². The van der Waals surface area contributed by atoms with E-state index in [-0.39, 0.29) is 40.6 Å². The van der Waals surface area contributed by atoms with Crippen molar-refractivity contribution in [1.82, 2.24) is 0 Å². The van der Waals surface area contributed by atoms with Gasteiger partial charge >= 0.3 is 0 Å². The molecule has 2 aromatic carbocycles. The highest BCUT2D eigenvalue weighted by Gasteiger charge is 2.51. The molecule has 7 heteroatoms. The van der Waals surface area contributed by atoms with Crippen LogP contribution in [-0.2, 0) is 36.3 Å². The van der Waals surface area contributed by atoms with Crippen LogP contribution in [0, 0.1) is 0 Å². The Labute approximate surface area is 246 Å². The van der Waals surface area contributed by atoms with Crippen LogP contribution in [0.3, 0.4) is 0 Å². The third-order valence-electron chi connectivity index (χ3n) is 9.09. The minimum Gasteiger partial charge on any atom is -0.414 e. The number of rotatable bonds is 11. The second-order valence-electron chi connectivity index (χ2n) is 14.3. The van der Waals surface area contributed by atoms with Crippen LogP contribution in [0.15, 0.2) is 60.7 Å². The van der Waals surface area contributed by atoms with E-state index in [4.69, 9.17) is 23.1 Å². The predicted molar refractivity (Wildman–Crippen MR) is 170 cm³/mol. The van der Waals surface area contributed by atoms with Crippen molar-refractivity contribution < 1.29 is 23.1 Å². The topological polar surface area (TPSA) is 46.2 Å². The molecule has 40 heavy (non-hydrogen) atoms. The molecule has 0 spiro atoms. The fourth-order valence-electron chi connectivity index (χ4n) is 4.34. The Hall–Kier alpha value is -1.33. The highest BCUT2D eigenvalue weighted by atomic mass is 28.4. The summed E-state index contributed by atoms with van der Waals surface area (Å²) in [5.74, 6) is 0. The molecule has 1 aliphatic heterocycles. The lowest BCUT2D eigenvalue weighted by molar-refractivity contribution is -0.250. The summed E-state index contributed by atoms with van der Waals surface area (Å²) in [6, 6.07) is 20.6. The Balaban J connectivity index is 1.95. The highest BCUT2D eigenvalue weighted by Crippen LogP contribution is 2.41. The quantitative estimate of drug-likeness (QED) is 0.248. The van der Waals surface area contributed by atoms with Gasteiger partial charge in [0.15, 0.2) is 16.6 Å². The van der Waals surface area contributed by atoms with Crippen molar-refractivity contribution in [2.75, 3.05) is 6.61 Å². The van der Waals surface area contributed by atoms with Crippen LogP contribution in [0.1, 0.15) is 59.6 Å². The molecule has 0 radical (unpaired) electrons. The molecule has 1 saturated heterocycles. The third-order valence-corrected chi connectivity index (χ3v) is 18.1. The van der Waals surface area contributed by atoms with Crippen LogP contribution < -0.4 is 0 Å². The summed E-state index contributed by atoms with van der Waals surface area (Å²) in [6.07, 6.45) is -1.35. The smallest absolute Gasteiger partial charge is 0.192 e. The average molecular weight is 587 g/mol. The first-order chi connectivity index (χ1) is 18.5. The number of hydrogen-bond acceptors (Lipinski definition) is 5. The van der Waals surface area contributed by atoms with E-state index in [1.807, 2.05) is 36.4 Å². The lowest BCUT2D eigenvalue weighted by Gasteiger charge is -2.50. The van der Waals surface area contributed by atoms with Gasteiger partial charge in [-0.3, -0.25) is 0 Å². The van der Waals surface area contributed by atoms with E-state index in [1.54, 1.807) is 0 Å². The second-order valence-corrected chi connectivity index (χ2v) is 23.9. The Kier molecular flexibility index (Phi) is 11.0. The molecule has 1 fully saturated rings. The maximum Gasteiger partial charge on any atom is 0.192 e. The average Bonchev–Trinajstić information content (AvgIpc) is 2.87. The summed E-state index contributed by atoms with van der Waals surface area (Å²) in [5, 5.41) is 0.157. The van der Waals surface area contributed by atoms with E-state index in [0.717, 1.165) is 11.1 Å². The Morgan fingerprint density at radius 1 is 0.650 bits per heavy atom. The van der Waals surface area contributed by atoms with Crippen molar-refractivity contribution in [1.29, 1.82) is 0 Å². The molecular formula is C33H54O5Si2. The number of hydrogen-bond donors (Lipinski definition) is 0. The van der Waals surface area contributed by atoms with Gasteiger partial charge in [-0.25, -0.2) is 0 Å². The molecule has 1 heterocycles. The maximum atomic E-state index is 7.06. The van der Waals surface area contributed by atoms with E-state index in [2.05, 4.69) is 98.9 Å². The van der Waals surface area contributed by atoms with Crippen molar-refractivity contribution in [3.63, 3.8) is 0 Å². The van der Waals surface area contributed by atoms with Crippen LogP contribution in [0.2, 0.25) is 36.3 Å². The molecule has 5 nitrogen and oxygen atoms in total. The van der Waals surface area contributed by atoms with Crippen molar-refractivity contribution >= 4 is 16.6 Å². The molecule has 0 bridgehead atoms. The minimum atomic E-state index is -2.14. The van der Waals surface area contributed by atoms with Gasteiger partial charge in [0.1, 0.15) is 18.3 Å². The summed E-state index contributed by atoms with van der Waals surface area (Å²) in [7, 11) is -4.14. The fourth-order valence-corrected chi connectivity index (χ4v) is 6.72. The van der Waals surface area contributed by atoms with Gasteiger partial charge in [-0.15, -0.1) is 0 Å². The van der Waals surface area contributed by atoms with E-state index in [0.29, 0.717) is 19.8 Å². The lowest BCUT2D eigenvalue weighted by atomic mass is 9.95. The van der Waals surface area contributed by atoms with Crippen LogP contribution in [0.4, 0.5) is 0 Å². The molecule has 0 saturated carbocycles. The Bertz CT molecular complexity index is 1030. The Morgan fingerprint density at radius 3 is 1.55 bits per heavy atom. The zero-order valence-electron chi connectivity index (χ0n) is 26.8. The first-order valence-electron chi connectivity index (χ1n) is 14.8. The SMILES string of the molecule is CC1OC(CO[Si](C)(C)C(C)(C)C)C(OCc2ccccc2)C(OCc2ccccc2)C1O[Si](C)(C)C(C)(C)C. The van der Waals surface area contributed by atoms with Gasteiger partial charge in [0.25, 0.3) is 0 Å². The van der Waals surface area contributed by atoms with Gasteiger partial charge in [0.05, 0.1) is 32.0 Å². The molecule has 3 rings (SSSR count). The summed E-state index contributed by atoms with van der Waals surface area (Å²) in [6.45, 7) is 26.3. The van der Waals surface area contributed by atoms with Crippen molar-refractivity contribution in [2.24, 2.45) is 0 Å². The van der Waals surface area contributed by atoms with Crippen molar-refractivity contribution in [3.05, 3.63) is 71.8 Å². The fraction of sp³-hybridized carbons (Fsp3) is 0.636. The molecule has 5 atom stereocenters. The standard InChI is InChI=1S/C33H54O5Si2/c1-25-29(38-40(10,11)33(5,6)7)31(35-23-27-20-16-13-17-21-27)30(34-22-26-18-14-12-15-19-26)28(37-25)24-36-39(8,9)32(2,3)4/h12-21,25,28-31H,22-24H2,1-11H3. The maximum absolute atomic E-state index is 7.06. The summed E-state index contributed by atoms with van der Waals surface area (Å²) in [5.41, 5.74) is 2.25. The van der Waals surface area contributed by atoms with E-state index in [9.17, 15) is 0 Å². The largest absolute Gasteiger partial charge is 0.414 e. The van der Waals surface area contributed by atoms with E-state index in [1.165, 1.54) is 0 Å². The third kappa shape index (κ3) is 8.60. The molecule has 2 aromatic rings. The summed E-state index contributed by atoms with van der Waals surface area (Å²) >= 11 is 0. The number of ether oxygens (including phenoxy) is 3. The predicted octanol–water partition coefficient (Wildman–Crippen LogP) is 8.36. The van der Waals surface area contributed by atoms with Gasteiger partial charge in [0.2, 0.25) is 0 Å². The van der Waals surface area contributed by atoms with Gasteiger partial charge < -0.3 is 23.1 Å². The first kappa shape index (κ1) is 33.2. The highest BCUT2D eigenvalue weighted by molar-refractivity contribution is 6.74. The molecule has 224 valence electrons. The molecule has 0 aromatic heterocycles. The summed E-state index contributed by atoms with van der Waals surface area (Å²) in [4.78, 5) is 0. The van der Waals surface area contributed by atoms with Gasteiger partial charge in [-0.05, 0) is 54.3 Å². The summed E-state index contributed by atoms with van der Waals surface area (Å²) < 4.78 is 34.0. The van der Waals surface area contributed by atoms with Crippen molar-refractivity contribution in [3.8, 4) is 0 Å². The lowest BCUT2D eigenvalue weighted by Crippen LogP contribution is -2.63. The van der Waals surface area contributed by atoms with Crippen LogP contribution >= 0.6 is 0 Å². The van der Waals surface area contributed by atoms with Gasteiger partial charge in [-0.2, -0.15) is 0 Å². The normalized spacial score (nSPS) is 24.7. The molecule has 5 unspecified atom stereocenters.